The van der Waals surface area contributed by atoms with Crippen molar-refractivity contribution in [3.05, 3.63) is 0 Å². The third-order valence-electron chi connectivity index (χ3n) is 12.6. The highest BCUT2D eigenvalue weighted by Crippen LogP contribution is 2.17. The summed E-state index contributed by atoms with van der Waals surface area (Å²) in [6.07, 6.45) is 55.4. The number of carbonyl (C=O) groups excluding carboxylic acids is 3. The summed E-state index contributed by atoms with van der Waals surface area (Å²) < 4.78 is 16.8. The highest BCUT2D eigenvalue weighted by Gasteiger charge is 2.19. The van der Waals surface area contributed by atoms with Crippen LogP contribution in [0, 0.1) is 0 Å². The third-order valence-corrected chi connectivity index (χ3v) is 12.6. The first-order valence-electron chi connectivity index (χ1n) is 27.5. The molecule has 0 aromatic rings. The van der Waals surface area contributed by atoms with E-state index in [1.54, 1.807) is 0 Å². The van der Waals surface area contributed by atoms with E-state index in [9.17, 15) is 14.4 Å². The summed E-state index contributed by atoms with van der Waals surface area (Å²) in [5, 5.41) is 0. The number of unbranched alkanes of at least 4 members (excludes halogenated alkanes) is 40. The number of rotatable bonds is 51. The maximum Gasteiger partial charge on any atom is 0.306 e. The van der Waals surface area contributed by atoms with Crippen molar-refractivity contribution in [2.24, 2.45) is 0 Å². The molecule has 1 unspecified atom stereocenters. The van der Waals surface area contributed by atoms with Gasteiger partial charge in [0.15, 0.2) is 6.10 Å². The molecule has 0 aliphatic heterocycles. The molecule has 0 saturated carbocycles. The van der Waals surface area contributed by atoms with Gasteiger partial charge in [-0.1, -0.05) is 278 Å². The number of esters is 3. The summed E-state index contributed by atoms with van der Waals surface area (Å²) in [5.41, 5.74) is 0. The van der Waals surface area contributed by atoms with Crippen LogP contribution in [0.1, 0.15) is 316 Å². The highest BCUT2D eigenvalue weighted by molar-refractivity contribution is 5.71. The van der Waals surface area contributed by atoms with Crippen molar-refractivity contribution in [3.8, 4) is 0 Å². The number of hydrogen-bond donors (Lipinski definition) is 0. The summed E-state index contributed by atoms with van der Waals surface area (Å²) in [4.78, 5) is 37.8. The van der Waals surface area contributed by atoms with E-state index in [2.05, 4.69) is 20.8 Å². The standard InChI is InChI=1S/C55H106O6/c1-4-7-10-13-16-19-21-22-23-24-25-26-27-28-29-30-31-32-33-34-37-39-42-45-48-54(57)60-51-52(50-59-53(56)47-44-41-38-35-18-15-12-9-6-3)61-55(58)49-46-43-40-36-20-17-14-11-8-5-2/h52H,4-51H2,1-3H3. The van der Waals surface area contributed by atoms with E-state index >= 15 is 0 Å². The van der Waals surface area contributed by atoms with Crippen LogP contribution >= 0.6 is 0 Å². The van der Waals surface area contributed by atoms with E-state index in [0.29, 0.717) is 19.3 Å². The van der Waals surface area contributed by atoms with Crippen LogP contribution in [0.3, 0.4) is 0 Å². The summed E-state index contributed by atoms with van der Waals surface area (Å²) >= 11 is 0. The van der Waals surface area contributed by atoms with Crippen LogP contribution in [0.4, 0.5) is 0 Å². The maximum atomic E-state index is 12.7. The van der Waals surface area contributed by atoms with Crippen molar-refractivity contribution in [2.45, 2.75) is 322 Å². The van der Waals surface area contributed by atoms with E-state index in [0.717, 1.165) is 57.8 Å². The molecule has 0 heterocycles. The minimum atomic E-state index is -0.758. The molecule has 0 bridgehead atoms. The summed E-state index contributed by atoms with van der Waals surface area (Å²) in [7, 11) is 0. The van der Waals surface area contributed by atoms with Gasteiger partial charge in [-0.3, -0.25) is 14.4 Å². The average molecular weight is 863 g/mol. The van der Waals surface area contributed by atoms with Gasteiger partial charge >= 0.3 is 17.9 Å². The van der Waals surface area contributed by atoms with Crippen LogP contribution in [0.5, 0.6) is 0 Å². The first kappa shape index (κ1) is 59.4. The lowest BCUT2D eigenvalue weighted by atomic mass is 10.0. The lowest BCUT2D eigenvalue weighted by Crippen LogP contribution is -2.30. The van der Waals surface area contributed by atoms with Gasteiger partial charge in [0, 0.05) is 19.3 Å². The summed E-state index contributed by atoms with van der Waals surface area (Å²) in [6.45, 7) is 6.65. The van der Waals surface area contributed by atoms with Crippen LogP contribution in [-0.2, 0) is 28.6 Å². The number of hydrogen-bond acceptors (Lipinski definition) is 6. The Morgan fingerprint density at radius 1 is 0.262 bits per heavy atom. The quantitative estimate of drug-likeness (QED) is 0.0344. The molecule has 0 rings (SSSR count). The van der Waals surface area contributed by atoms with Crippen molar-refractivity contribution in [3.63, 3.8) is 0 Å². The van der Waals surface area contributed by atoms with Gasteiger partial charge in [-0.25, -0.2) is 0 Å². The Morgan fingerprint density at radius 2 is 0.443 bits per heavy atom. The Balaban J connectivity index is 4.06. The normalized spacial score (nSPS) is 11.9. The fourth-order valence-corrected chi connectivity index (χ4v) is 8.45. The molecule has 0 fully saturated rings. The molecule has 61 heavy (non-hydrogen) atoms. The molecule has 0 N–H and O–H groups in total. The molecule has 0 aromatic heterocycles. The maximum absolute atomic E-state index is 12.7. The summed E-state index contributed by atoms with van der Waals surface area (Å²) in [6, 6.07) is 0. The molecule has 0 aliphatic rings. The molecular weight excluding hydrogens is 757 g/mol. The highest BCUT2D eigenvalue weighted by atomic mass is 16.6. The predicted molar refractivity (Wildman–Crippen MR) is 261 cm³/mol. The van der Waals surface area contributed by atoms with Crippen molar-refractivity contribution < 1.29 is 28.6 Å². The first-order chi connectivity index (χ1) is 30.0. The Morgan fingerprint density at radius 3 is 0.656 bits per heavy atom. The largest absolute Gasteiger partial charge is 0.462 e. The van der Waals surface area contributed by atoms with E-state index in [-0.39, 0.29) is 31.1 Å². The minimum Gasteiger partial charge on any atom is -0.462 e. The molecule has 6 heteroatoms. The van der Waals surface area contributed by atoms with E-state index in [1.807, 2.05) is 0 Å². The smallest absolute Gasteiger partial charge is 0.306 e. The van der Waals surface area contributed by atoms with E-state index < -0.39 is 6.10 Å². The van der Waals surface area contributed by atoms with Crippen LogP contribution in [-0.4, -0.2) is 37.2 Å². The molecule has 0 aliphatic carbocycles. The Labute approximate surface area is 380 Å². The van der Waals surface area contributed by atoms with E-state index in [1.165, 1.54) is 218 Å². The van der Waals surface area contributed by atoms with Crippen LogP contribution in [0.2, 0.25) is 0 Å². The molecule has 1 atom stereocenters. The van der Waals surface area contributed by atoms with Crippen molar-refractivity contribution in [2.75, 3.05) is 13.2 Å². The molecular formula is C55H106O6. The number of ether oxygens (including phenoxy) is 3. The van der Waals surface area contributed by atoms with Crippen molar-refractivity contribution >= 4 is 17.9 Å². The fraction of sp³-hybridized carbons (Fsp3) is 0.945. The lowest BCUT2D eigenvalue weighted by molar-refractivity contribution is -0.167. The predicted octanol–water partition coefficient (Wildman–Crippen LogP) is 18.0. The zero-order chi connectivity index (χ0) is 44.4. The zero-order valence-corrected chi connectivity index (χ0v) is 41.5. The molecule has 0 radical (unpaired) electrons. The Bertz CT molecular complexity index is 905. The van der Waals surface area contributed by atoms with Crippen LogP contribution in [0.25, 0.3) is 0 Å². The van der Waals surface area contributed by atoms with Gasteiger partial charge in [0.2, 0.25) is 0 Å². The molecule has 0 spiro atoms. The third kappa shape index (κ3) is 49.3. The zero-order valence-electron chi connectivity index (χ0n) is 41.5. The van der Waals surface area contributed by atoms with Gasteiger partial charge in [-0.2, -0.15) is 0 Å². The summed E-state index contributed by atoms with van der Waals surface area (Å²) in [5.74, 6) is -0.846. The van der Waals surface area contributed by atoms with Crippen molar-refractivity contribution in [1.29, 1.82) is 0 Å². The Hall–Kier alpha value is -1.59. The van der Waals surface area contributed by atoms with E-state index in [4.69, 9.17) is 14.2 Å². The second-order valence-electron chi connectivity index (χ2n) is 18.9. The van der Waals surface area contributed by atoms with Gasteiger partial charge < -0.3 is 14.2 Å². The molecule has 0 amide bonds. The van der Waals surface area contributed by atoms with Gasteiger partial charge in [0.1, 0.15) is 13.2 Å². The molecule has 0 aromatic carbocycles. The molecule has 6 nitrogen and oxygen atoms in total. The SMILES string of the molecule is CCCCCCCCCCCCCCCCCCCCCCCCCCC(=O)OCC(COC(=O)CCCCCCCCCCC)OC(=O)CCCCCCCCCCCC. The first-order valence-corrected chi connectivity index (χ1v) is 27.5. The molecule has 362 valence electrons. The molecule has 0 saturated heterocycles. The Kier molecular flexibility index (Phi) is 49.7. The van der Waals surface area contributed by atoms with Gasteiger partial charge in [-0.05, 0) is 19.3 Å². The van der Waals surface area contributed by atoms with Gasteiger partial charge in [-0.15, -0.1) is 0 Å². The fourth-order valence-electron chi connectivity index (χ4n) is 8.45. The second-order valence-corrected chi connectivity index (χ2v) is 18.9. The topological polar surface area (TPSA) is 78.9 Å². The second kappa shape index (κ2) is 51.0. The van der Waals surface area contributed by atoms with Crippen LogP contribution in [0.15, 0.2) is 0 Å². The van der Waals surface area contributed by atoms with Gasteiger partial charge in [0.25, 0.3) is 0 Å². The average Bonchev–Trinajstić information content (AvgIpc) is 3.26. The van der Waals surface area contributed by atoms with Crippen LogP contribution < -0.4 is 0 Å². The lowest BCUT2D eigenvalue weighted by Gasteiger charge is -2.18. The monoisotopic (exact) mass is 863 g/mol. The van der Waals surface area contributed by atoms with Gasteiger partial charge in [0.05, 0.1) is 0 Å². The minimum absolute atomic E-state index is 0.0622. The van der Waals surface area contributed by atoms with Crippen molar-refractivity contribution in [1.82, 2.24) is 0 Å². The number of carbonyl (C=O) groups is 3.